The van der Waals surface area contributed by atoms with Crippen molar-refractivity contribution in [3.8, 4) is 0 Å². The smallest absolute Gasteiger partial charge is 0.407 e. The number of nitrogens with one attached hydrogen (secondary N) is 1. The Morgan fingerprint density at radius 2 is 2.05 bits per heavy atom. The second-order valence-corrected chi connectivity index (χ2v) is 5.21. The van der Waals surface area contributed by atoms with Gasteiger partial charge in [-0.15, -0.1) is 0 Å². The predicted molar refractivity (Wildman–Crippen MR) is 75.9 cm³/mol. The van der Waals surface area contributed by atoms with Gasteiger partial charge in [0.1, 0.15) is 5.82 Å². The maximum absolute atomic E-state index is 13.7. The van der Waals surface area contributed by atoms with E-state index in [-0.39, 0.29) is 16.6 Å². The van der Waals surface area contributed by atoms with Crippen molar-refractivity contribution in [3.05, 3.63) is 34.6 Å². The van der Waals surface area contributed by atoms with E-state index in [4.69, 9.17) is 11.6 Å². The minimum atomic E-state index is -0.623. The maximum atomic E-state index is 13.7. The van der Waals surface area contributed by atoms with Gasteiger partial charge in [0.2, 0.25) is 0 Å². The molecule has 0 bridgehead atoms. The Bertz CT molecular complexity index is 525. The van der Waals surface area contributed by atoms with E-state index in [0.29, 0.717) is 25.9 Å². The highest BCUT2D eigenvalue weighted by atomic mass is 35.5. The van der Waals surface area contributed by atoms with E-state index >= 15 is 0 Å². The molecular formula is C14H16ClFN2O3. The van der Waals surface area contributed by atoms with Crippen molar-refractivity contribution >= 4 is 23.6 Å². The van der Waals surface area contributed by atoms with Crippen LogP contribution in [0.5, 0.6) is 0 Å². The first-order valence-electron chi connectivity index (χ1n) is 6.60. The van der Waals surface area contributed by atoms with Gasteiger partial charge in [-0.1, -0.05) is 17.7 Å². The number of nitrogens with zero attached hydrogens (tertiary/aromatic N) is 1. The van der Waals surface area contributed by atoms with Crippen LogP contribution in [-0.2, 0) is 4.74 Å². The molecule has 0 aromatic heterocycles. The summed E-state index contributed by atoms with van der Waals surface area (Å²) in [5, 5.41) is 2.80. The van der Waals surface area contributed by atoms with Crippen molar-refractivity contribution in [2.75, 3.05) is 20.2 Å². The second-order valence-electron chi connectivity index (χ2n) is 4.80. The summed E-state index contributed by atoms with van der Waals surface area (Å²) in [6.07, 6.45) is 0.691. The van der Waals surface area contributed by atoms with Gasteiger partial charge in [0.25, 0.3) is 5.91 Å². The fourth-order valence-electron chi connectivity index (χ4n) is 2.31. The van der Waals surface area contributed by atoms with Gasteiger partial charge in [-0.3, -0.25) is 4.79 Å². The Kier molecular flexibility index (Phi) is 5.01. The number of hydrogen-bond donors (Lipinski definition) is 1. The SMILES string of the molecule is COC(=O)NC1CCN(C(=O)c2c(F)cccc2Cl)CC1. The standard InChI is InChI=1S/C14H16ClFN2O3/c1-21-14(20)17-9-5-7-18(8-6-9)13(19)12-10(15)3-2-4-11(12)16/h2-4,9H,5-8H2,1H3,(H,17,20). The largest absolute Gasteiger partial charge is 0.453 e. The molecule has 0 radical (unpaired) electrons. The number of methoxy groups -OCH3 is 1. The lowest BCUT2D eigenvalue weighted by Gasteiger charge is -2.32. The normalized spacial score (nSPS) is 15.7. The monoisotopic (exact) mass is 314 g/mol. The van der Waals surface area contributed by atoms with Crippen LogP contribution in [0.1, 0.15) is 23.2 Å². The molecule has 1 heterocycles. The van der Waals surface area contributed by atoms with Gasteiger partial charge in [0, 0.05) is 19.1 Å². The average molecular weight is 315 g/mol. The van der Waals surface area contributed by atoms with E-state index in [1.807, 2.05) is 0 Å². The molecule has 1 N–H and O–H groups in total. The number of amides is 2. The third kappa shape index (κ3) is 3.64. The first kappa shape index (κ1) is 15.6. The molecule has 1 aromatic carbocycles. The molecule has 0 unspecified atom stereocenters. The van der Waals surface area contributed by atoms with Crippen molar-refractivity contribution in [1.29, 1.82) is 0 Å². The van der Waals surface area contributed by atoms with E-state index in [1.165, 1.54) is 25.3 Å². The minimum absolute atomic E-state index is 0.0439. The molecule has 2 rings (SSSR count). The van der Waals surface area contributed by atoms with Gasteiger partial charge in [0.05, 0.1) is 17.7 Å². The van der Waals surface area contributed by atoms with Crippen molar-refractivity contribution < 1.29 is 18.7 Å². The summed E-state index contributed by atoms with van der Waals surface area (Å²) in [7, 11) is 1.30. The minimum Gasteiger partial charge on any atom is -0.453 e. The summed E-state index contributed by atoms with van der Waals surface area (Å²) < 4.78 is 18.3. The zero-order chi connectivity index (χ0) is 15.4. The summed E-state index contributed by atoms with van der Waals surface area (Å²) in [4.78, 5) is 25.0. The van der Waals surface area contributed by atoms with Gasteiger partial charge in [-0.05, 0) is 25.0 Å². The quantitative estimate of drug-likeness (QED) is 0.912. The van der Waals surface area contributed by atoms with Crippen LogP contribution in [0.2, 0.25) is 5.02 Å². The first-order chi connectivity index (χ1) is 10.0. The highest BCUT2D eigenvalue weighted by Gasteiger charge is 2.27. The summed E-state index contributed by atoms with van der Waals surface area (Å²) in [5.74, 6) is -1.04. The van der Waals surface area contributed by atoms with Gasteiger partial charge in [-0.2, -0.15) is 0 Å². The molecule has 0 atom stereocenters. The lowest BCUT2D eigenvalue weighted by molar-refractivity contribution is 0.0699. The molecular weight excluding hydrogens is 299 g/mol. The van der Waals surface area contributed by atoms with E-state index in [9.17, 15) is 14.0 Å². The molecule has 1 saturated heterocycles. The van der Waals surface area contributed by atoms with Crippen molar-refractivity contribution in [3.63, 3.8) is 0 Å². The second kappa shape index (κ2) is 6.76. The molecule has 1 aliphatic rings. The Balaban J connectivity index is 1.99. The number of carbonyl (C=O) groups is 2. The molecule has 5 nitrogen and oxygen atoms in total. The number of benzene rings is 1. The summed E-state index contributed by atoms with van der Waals surface area (Å²) in [6, 6.07) is 4.12. The molecule has 1 fully saturated rings. The molecule has 2 amide bonds. The Hall–Kier alpha value is -1.82. The van der Waals surface area contributed by atoms with Crippen LogP contribution in [0, 0.1) is 5.82 Å². The average Bonchev–Trinajstić information content (AvgIpc) is 2.47. The number of ether oxygens (including phenoxy) is 1. The van der Waals surface area contributed by atoms with E-state index in [0.717, 1.165) is 0 Å². The van der Waals surface area contributed by atoms with E-state index in [1.54, 1.807) is 4.90 Å². The third-order valence-electron chi connectivity index (χ3n) is 3.47. The van der Waals surface area contributed by atoms with Gasteiger partial charge in [0.15, 0.2) is 0 Å². The molecule has 114 valence electrons. The highest BCUT2D eigenvalue weighted by molar-refractivity contribution is 6.33. The molecule has 21 heavy (non-hydrogen) atoms. The fourth-order valence-corrected chi connectivity index (χ4v) is 2.56. The van der Waals surface area contributed by atoms with Gasteiger partial charge in [-0.25, -0.2) is 9.18 Å². The maximum Gasteiger partial charge on any atom is 0.407 e. The lowest BCUT2D eigenvalue weighted by Crippen LogP contribution is -2.46. The van der Waals surface area contributed by atoms with Crippen LogP contribution in [-0.4, -0.2) is 43.1 Å². The Morgan fingerprint density at radius 1 is 1.38 bits per heavy atom. The van der Waals surface area contributed by atoms with E-state index < -0.39 is 17.8 Å². The third-order valence-corrected chi connectivity index (χ3v) is 3.78. The summed E-state index contributed by atoms with van der Waals surface area (Å²) in [5.41, 5.74) is -0.0986. The highest BCUT2D eigenvalue weighted by Crippen LogP contribution is 2.22. The van der Waals surface area contributed by atoms with Crippen LogP contribution < -0.4 is 5.32 Å². The van der Waals surface area contributed by atoms with Crippen molar-refractivity contribution in [1.82, 2.24) is 10.2 Å². The van der Waals surface area contributed by atoms with Crippen LogP contribution in [0.25, 0.3) is 0 Å². The number of alkyl carbamates (subject to hydrolysis) is 1. The Labute approximate surface area is 127 Å². The zero-order valence-electron chi connectivity index (χ0n) is 11.6. The molecule has 1 aromatic rings. The summed E-state index contributed by atoms with van der Waals surface area (Å²) in [6.45, 7) is 0.857. The summed E-state index contributed by atoms with van der Waals surface area (Å²) >= 11 is 5.90. The predicted octanol–water partition coefficient (Wildman–Crippen LogP) is 2.44. The van der Waals surface area contributed by atoms with Crippen molar-refractivity contribution in [2.24, 2.45) is 0 Å². The van der Waals surface area contributed by atoms with Gasteiger partial charge < -0.3 is 15.0 Å². The topological polar surface area (TPSA) is 58.6 Å². The van der Waals surface area contributed by atoms with Crippen LogP contribution in [0.3, 0.4) is 0 Å². The lowest BCUT2D eigenvalue weighted by atomic mass is 10.0. The van der Waals surface area contributed by atoms with Gasteiger partial charge >= 0.3 is 6.09 Å². The number of rotatable bonds is 2. The molecule has 1 aliphatic heterocycles. The van der Waals surface area contributed by atoms with Crippen molar-refractivity contribution in [2.45, 2.75) is 18.9 Å². The molecule has 0 saturated carbocycles. The number of halogens is 2. The molecule has 0 aliphatic carbocycles. The number of carbonyl (C=O) groups excluding carboxylic acids is 2. The Morgan fingerprint density at radius 3 is 2.62 bits per heavy atom. The molecule has 0 spiro atoms. The van der Waals surface area contributed by atoms with Crippen LogP contribution in [0.15, 0.2) is 18.2 Å². The number of hydrogen-bond acceptors (Lipinski definition) is 3. The number of likely N-dealkylation sites (tertiary alicyclic amines) is 1. The first-order valence-corrected chi connectivity index (χ1v) is 6.98. The van der Waals surface area contributed by atoms with E-state index in [2.05, 4.69) is 10.1 Å². The van der Waals surface area contributed by atoms with Crippen LogP contribution in [0.4, 0.5) is 9.18 Å². The van der Waals surface area contributed by atoms with Crippen LogP contribution >= 0.6 is 11.6 Å². The number of piperidine rings is 1. The zero-order valence-corrected chi connectivity index (χ0v) is 12.3. The molecule has 7 heteroatoms. The fraction of sp³-hybridized carbons (Fsp3) is 0.429.